The molecule has 0 unspecified atom stereocenters. The van der Waals surface area contributed by atoms with Crippen LogP contribution in [-0.4, -0.2) is 70.3 Å². The van der Waals surface area contributed by atoms with Crippen LogP contribution in [0.1, 0.15) is 16.8 Å². The number of rotatable bonds is 2. The van der Waals surface area contributed by atoms with Gasteiger partial charge in [-0.2, -0.15) is 0 Å². The van der Waals surface area contributed by atoms with Crippen molar-refractivity contribution in [1.29, 1.82) is 0 Å². The lowest BCUT2D eigenvalue weighted by atomic mass is 10.0. The molecule has 0 bridgehead atoms. The molecule has 2 fully saturated rings. The molecule has 0 aliphatic carbocycles. The second-order valence-corrected chi connectivity index (χ2v) is 6.12. The van der Waals surface area contributed by atoms with E-state index in [4.69, 9.17) is 4.74 Å². The molecule has 8 heteroatoms. The Morgan fingerprint density at radius 2 is 2.10 bits per heavy atom. The molecule has 1 aromatic rings. The molecule has 0 N–H and O–H groups in total. The maximum atomic E-state index is 12.4. The normalized spacial score (nSPS) is 24.8. The Morgan fingerprint density at radius 1 is 1.38 bits per heavy atom. The van der Waals surface area contributed by atoms with E-state index in [1.165, 1.54) is 11.8 Å². The highest BCUT2D eigenvalue weighted by molar-refractivity contribution is 7.98. The molecule has 3 heterocycles. The molecule has 2 saturated heterocycles. The van der Waals surface area contributed by atoms with Gasteiger partial charge in [0.15, 0.2) is 10.8 Å². The SMILES string of the molecule is CSc1ncc(C(=O)N2CC[C@]3(CN(C)C(=O)O3)C2)cn1. The Balaban J connectivity index is 1.71. The first-order valence-electron chi connectivity index (χ1n) is 6.62. The Kier molecular flexibility index (Phi) is 3.48. The van der Waals surface area contributed by atoms with Crippen molar-refractivity contribution in [3.05, 3.63) is 18.0 Å². The van der Waals surface area contributed by atoms with E-state index in [2.05, 4.69) is 9.97 Å². The number of likely N-dealkylation sites (N-methyl/N-ethyl adjacent to an activating group) is 1. The second kappa shape index (κ2) is 5.18. The predicted octanol–water partition coefficient (Wildman–Crippen LogP) is 0.865. The van der Waals surface area contributed by atoms with E-state index in [0.717, 1.165) is 0 Å². The van der Waals surface area contributed by atoms with Gasteiger partial charge in [0.2, 0.25) is 0 Å². The first-order valence-corrected chi connectivity index (χ1v) is 7.85. The summed E-state index contributed by atoms with van der Waals surface area (Å²) in [6.07, 6.45) is 5.31. The zero-order chi connectivity index (χ0) is 15.0. The number of hydrogen-bond acceptors (Lipinski definition) is 6. The van der Waals surface area contributed by atoms with Crippen LogP contribution in [0.15, 0.2) is 17.6 Å². The Labute approximate surface area is 126 Å². The van der Waals surface area contributed by atoms with Crippen LogP contribution in [0.4, 0.5) is 4.79 Å². The van der Waals surface area contributed by atoms with Crippen LogP contribution >= 0.6 is 11.8 Å². The van der Waals surface area contributed by atoms with Gasteiger partial charge in [0.25, 0.3) is 5.91 Å². The van der Waals surface area contributed by atoms with Crippen molar-refractivity contribution >= 4 is 23.8 Å². The van der Waals surface area contributed by atoms with Crippen LogP contribution in [-0.2, 0) is 4.74 Å². The molecular weight excluding hydrogens is 292 g/mol. The van der Waals surface area contributed by atoms with Crippen molar-refractivity contribution in [2.45, 2.75) is 17.2 Å². The fourth-order valence-corrected chi connectivity index (χ4v) is 3.05. The summed E-state index contributed by atoms with van der Waals surface area (Å²) in [4.78, 5) is 35.4. The zero-order valence-electron chi connectivity index (χ0n) is 11.9. The maximum Gasteiger partial charge on any atom is 0.410 e. The van der Waals surface area contributed by atoms with E-state index in [0.29, 0.717) is 36.8 Å². The smallest absolute Gasteiger partial charge is 0.410 e. The summed E-state index contributed by atoms with van der Waals surface area (Å²) in [5, 5.41) is 0.635. The standard InChI is InChI=1S/C13H16N4O3S/c1-16-7-13(20-12(16)19)3-4-17(8-13)10(18)9-5-14-11(21-2)15-6-9/h5-6H,3-4,7-8H2,1-2H3/t13-/m0/s1. The number of thioether (sulfide) groups is 1. The van der Waals surface area contributed by atoms with Crippen LogP contribution in [0.25, 0.3) is 0 Å². The lowest BCUT2D eigenvalue weighted by Crippen LogP contribution is -2.39. The zero-order valence-corrected chi connectivity index (χ0v) is 12.7. The summed E-state index contributed by atoms with van der Waals surface area (Å²) in [5.41, 5.74) is -0.0933. The molecule has 2 amide bonds. The summed E-state index contributed by atoms with van der Waals surface area (Å²) >= 11 is 1.43. The predicted molar refractivity (Wildman–Crippen MR) is 76.2 cm³/mol. The van der Waals surface area contributed by atoms with E-state index in [1.54, 1.807) is 29.2 Å². The lowest BCUT2D eigenvalue weighted by Gasteiger charge is -2.21. The van der Waals surface area contributed by atoms with Crippen molar-refractivity contribution in [2.75, 3.05) is 32.9 Å². The lowest BCUT2D eigenvalue weighted by molar-refractivity contribution is 0.0552. The molecule has 21 heavy (non-hydrogen) atoms. The number of aromatic nitrogens is 2. The highest BCUT2D eigenvalue weighted by Crippen LogP contribution is 2.32. The number of ether oxygens (including phenoxy) is 1. The largest absolute Gasteiger partial charge is 0.439 e. The molecule has 0 aromatic carbocycles. The van der Waals surface area contributed by atoms with Crippen LogP contribution < -0.4 is 0 Å². The van der Waals surface area contributed by atoms with E-state index < -0.39 is 5.60 Å². The molecule has 1 aromatic heterocycles. The number of carbonyl (C=O) groups is 2. The Hall–Kier alpha value is -1.83. The monoisotopic (exact) mass is 308 g/mol. The Bertz CT molecular complexity index is 579. The maximum absolute atomic E-state index is 12.4. The van der Waals surface area contributed by atoms with Gasteiger partial charge in [-0.25, -0.2) is 14.8 Å². The van der Waals surface area contributed by atoms with Gasteiger partial charge in [-0.05, 0) is 6.26 Å². The number of hydrogen-bond donors (Lipinski definition) is 0. The van der Waals surface area contributed by atoms with Gasteiger partial charge in [0.1, 0.15) is 0 Å². The molecule has 1 spiro atoms. The van der Waals surface area contributed by atoms with Crippen LogP contribution in [0, 0.1) is 0 Å². The second-order valence-electron chi connectivity index (χ2n) is 5.34. The van der Waals surface area contributed by atoms with Crippen LogP contribution in [0.2, 0.25) is 0 Å². The van der Waals surface area contributed by atoms with Crippen molar-refractivity contribution in [3.63, 3.8) is 0 Å². The van der Waals surface area contributed by atoms with Crippen LogP contribution in [0.5, 0.6) is 0 Å². The van der Waals surface area contributed by atoms with E-state index in [9.17, 15) is 9.59 Å². The van der Waals surface area contributed by atoms with Gasteiger partial charge in [0.05, 0.1) is 18.7 Å². The molecule has 2 aliphatic rings. The highest BCUT2D eigenvalue weighted by atomic mass is 32.2. The highest BCUT2D eigenvalue weighted by Gasteiger charge is 2.49. The third-order valence-corrected chi connectivity index (χ3v) is 4.38. The third kappa shape index (κ3) is 2.55. The molecule has 112 valence electrons. The van der Waals surface area contributed by atoms with Gasteiger partial charge >= 0.3 is 6.09 Å². The molecule has 0 radical (unpaired) electrons. The van der Waals surface area contributed by atoms with Gasteiger partial charge in [-0.15, -0.1) is 0 Å². The minimum atomic E-state index is -0.554. The van der Waals surface area contributed by atoms with Crippen molar-refractivity contribution in [2.24, 2.45) is 0 Å². The summed E-state index contributed by atoms with van der Waals surface area (Å²) in [6.45, 7) is 1.52. The first-order chi connectivity index (χ1) is 10.0. The summed E-state index contributed by atoms with van der Waals surface area (Å²) in [7, 11) is 1.70. The number of likely N-dealkylation sites (tertiary alicyclic amines) is 1. The van der Waals surface area contributed by atoms with Crippen molar-refractivity contribution < 1.29 is 14.3 Å². The fourth-order valence-electron chi connectivity index (χ4n) is 2.74. The van der Waals surface area contributed by atoms with E-state index in [-0.39, 0.29) is 12.0 Å². The van der Waals surface area contributed by atoms with Gasteiger partial charge in [-0.3, -0.25) is 4.79 Å². The topological polar surface area (TPSA) is 75.6 Å². The van der Waals surface area contributed by atoms with E-state index in [1.807, 2.05) is 6.26 Å². The van der Waals surface area contributed by atoms with E-state index >= 15 is 0 Å². The van der Waals surface area contributed by atoms with Gasteiger partial charge < -0.3 is 14.5 Å². The number of carbonyl (C=O) groups excluding carboxylic acids is 2. The average molecular weight is 308 g/mol. The quantitative estimate of drug-likeness (QED) is 0.596. The third-order valence-electron chi connectivity index (χ3n) is 3.80. The minimum absolute atomic E-state index is 0.120. The van der Waals surface area contributed by atoms with Gasteiger partial charge in [-0.1, -0.05) is 11.8 Å². The van der Waals surface area contributed by atoms with Crippen LogP contribution in [0.3, 0.4) is 0 Å². The average Bonchev–Trinajstić information content (AvgIpc) is 3.02. The molecule has 2 aliphatic heterocycles. The fraction of sp³-hybridized carbons (Fsp3) is 0.538. The summed E-state index contributed by atoms with van der Waals surface area (Å²) in [6, 6.07) is 0. The molecule has 7 nitrogen and oxygen atoms in total. The van der Waals surface area contributed by atoms with Crippen molar-refractivity contribution in [1.82, 2.24) is 19.8 Å². The summed E-state index contributed by atoms with van der Waals surface area (Å²) < 4.78 is 5.43. The number of amides is 2. The Morgan fingerprint density at radius 3 is 2.67 bits per heavy atom. The van der Waals surface area contributed by atoms with Gasteiger partial charge in [0, 0.05) is 32.4 Å². The summed E-state index contributed by atoms with van der Waals surface area (Å²) in [5.74, 6) is -0.120. The number of nitrogens with zero attached hydrogens (tertiary/aromatic N) is 4. The molecule has 1 atom stereocenters. The first kappa shape index (κ1) is 14.1. The molecular formula is C13H16N4O3S. The minimum Gasteiger partial charge on any atom is -0.439 e. The molecule has 3 rings (SSSR count). The van der Waals surface area contributed by atoms with Crippen molar-refractivity contribution in [3.8, 4) is 0 Å². The molecule has 0 saturated carbocycles.